The summed E-state index contributed by atoms with van der Waals surface area (Å²) in [4.78, 5) is 21.8. The minimum atomic E-state index is -0.456. The lowest BCUT2D eigenvalue weighted by atomic mass is 9.75. The standard InChI is InChI=1S/C12H20O4/c1-5-10-12(3,4)11(15-8(2)14)6-9(7-13)16-10/h7,9-11H,5-6H2,1-4H3/t9-,10+,11+/m0/s1. The lowest BCUT2D eigenvalue weighted by Gasteiger charge is -2.45. The second-order valence-corrected chi connectivity index (χ2v) is 4.86. The van der Waals surface area contributed by atoms with E-state index >= 15 is 0 Å². The first-order valence-corrected chi connectivity index (χ1v) is 5.69. The van der Waals surface area contributed by atoms with E-state index < -0.39 is 6.10 Å². The van der Waals surface area contributed by atoms with Crippen LogP contribution in [0.2, 0.25) is 0 Å². The molecule has 1 heterocycles. The molecule has 0 amide bonds. The van der Waals surface area contributed by atoms with E-state index in [1.54, 1.807) is 0 Å². The molecular formula is C12H20O4. The smallest absolute Gasteiger partial charge is 0.302 e. The molecule has 0 spiro atoms. The summed E-state index contributed by atoms with van der Waals surface area (Å²) in [6.45, 7) is 7.42. The molecule has 1 rings (SSSR count). The normalized spacial score (nSPS) is 33.1. The number of carbonyl (C=O) groups is 2. The van der Waals surface area contributed by atoms with E-state index in [2.05, 4.69) is 0 Å². The maximum Gasteiger partial charge on any atom is 0.302 e. The predicted octanol–water partition coefficient (Wildman–Crippen LogP) is 1.71. The molecule has 0 aliphatic carbocycles. The lowest BCUT2D eigenvalue weighted by Crippen LogP contribution is -2.52. The molecular weight excluding hydrogens is 208 g/mol. The van der Waals surface area contributed by atoms with Gasteiger partial charge in [0.05, 0.1) is 6.10 Å². The second kappa shape index (κ2) is 4.95. The highest BCUT2D eigenvalue weighted by Crippen LogP contribution is 2.39. The fourth-order valence-corrected chi connectivity index (χ4v) is 2.27. The van der Waals surface area contributed by atoms with Crippen LogP contribution in [0.3, 0.4) is 0 Å². The summed E-state index contributed by atoms with van der Waals surface area (Å²) < 4.78 is 10.9. The van der Waals surface area contributed by atoms with Gasteiger partial charge in [-0.1, -0.05) is 20.8 Å². The highest BCUT2D eigenvalue weighted by Gasteiger charge is 2.45. The third kappa shape index (κ3) is 2.61. The molecule has 1 aliphatic heterocycles. The monoisotopic (exact) mass is 228 g/mol. The molecule has 0 radical (unpaired) electrons. The van der Waals surface area contributed by atoms with Gasteiger partial charge in [0.2, 0.25) is 0 Å². The Hall–Kier alpha value is -0.900. The maximum absolute atomic E-state index is 11.0. The molecule has 0 saturated carbocycles. The summed E-state index contributed by atoms with van der Waals surface area (Å²) in [6.07, 6.45) is 1.28. The van der Waals surface area contributed by atoms with E-state index in [-0.39, 0.29) is 23.6 Å². The van der Waals surface area contributed by atoms with Crippen molar-refractivity contribution in [3.63, 3.8) is 0 Å². The summed E-state index contributed by atoms with van der Waals surface area (Å²) in [5.41, 5.74) is -0.250. The number of esters is 1. The summed E-state index contributed by atoms with van der Waals surface area (Å²) in [5, 5.41) is 0. The number of ether oxygens (including phenoxy) is 2. The van der Waals surface area contributed by atoms with Crippen LogP contribution in [-0.2, 0) is 19.1 Å². The Morgan fingerprint density at radius 2 is 2.19 bits per heavy atom. The highest BCUT2D eigenvalue weighted by atomic mass is 16.6. The van der Waals surface area contributed by atoms with E-state index in [0.29, 0.717) is 6.42 Å². The maximum atomic E-state index is 11.0. The minimum absolute atomic E-state index is 0.0548. The number of aldehydes is 1. The van der Waals surface area contributed by atoms with Crippen molar-refractivity contribution in [2.75, 3.05) is 0 Å². The topological polar surface area (TPSA) is 52.6 Å². The first-order valence-electron chi connectivity index (χ1n) is 5.69. The third-order valence-electron chi connectivity index (χ3n) is 3.28. The Kier molecular flexibility index (Phi) is 4.08. The van der Waals surface area contributed by atoms with E-state index in [0.717, 1.165) is 12.7 Å². The average molecular weight is 228 g/mol. The predicted molar refractivity (Wildman–Crippen MR) is 59.0 cm³/mol. The Morgan fingerprint density at radius 3 is 2.62 bits per heavy atom. The van der Waals surface area contributed by atoms with Crippen LogP contribution in [-0.4, -0.2) is 30.6 Å². The first-order chi connectivity index (χ1) is 7.41. The van der Waals surface area contributed by atoms with Crippen LogP contribution in [0, 0.1) is 5.41 Å². The van der Waals surface area contributed by atoms with E-state index in [1.807, 2.05) is 20.8 Å². The molecule has 3 atom stereocenters. The quantitative estimate of drug-likeness (QED) is 0.545. The van der Waals surface area contributed by atoms with Crippen LogP contribution >= 0.6 is 0 Å². The Labute approximate surface area is 96.3 Å². The van der Waals surface area contributed by atoms with Crippen molar-refractivity contribution in [1.29, 1.82) is 0 Å². The zero-order valence-corrected chi connectivity index (χ0v) is 10.4. The van der Waals surface area contributed by atoms with Crippen molar-refractivity contribution in [3.8, 4) is 0 Å². The molecule has 1 fully saturated rings. The van der Waals surface area contributed by atoms with Gasteiger partial charge in [0.25, 0.3) is 0 Å². The number of hydrogen-bond acceptors (Lipinski definition) is 4. The largest absolute Gasteiger partial charge is 0.462 e. The Balaban J connectivity index is 2.85. The second-order valence-electron chi connectivity index (χ2n) is 4.86. The van der Waals surface area contributed by atoms with E-state index in [4.69, 9.17) is 9.47 Å². The van der Waals surface area contributed by atoms with Crippen molar-refractivity contribution < 1.29 is 19.1 Å². The van der Waals surface area contributed by atoms with Crippen LogP contribution in [0.1, 0.15) is 40.5 Å². The number of rotatable bonds is 3. The van der Waals surface area contributed by atoms with Crippen molar-refractivity contribution >= 4 is 12.3 Å². The van der Waals surface area contributed by atoms with Gasteiger partial charge in [0.1, 0.15) is 18.5 Å². The molecule has 1 aliphatic rings. The van der Waals surface area contributed by atoms with Crippen molar-refractivity contribution in [3.05, 3.63) is 0 Å². The summed E-state index contributed by atoms with van der Waals surface area (Å²) >= 11 is 0. The number of carbonyl (C=O) groups excluding carboxylic acids is 2. The SMILES string of the molecule is CC[C@H]1O[C@H](C=O)C[C@@H](OC(C)=O)C1(C)C. The van der Waals surface area contributed by atoms with Crippen molar-refractivity contribution in [2.45, 2.75) is 58.8 Å². The zero-order valence-electron chi connectivity index (χ0n) is 10.4. The van der Waals surface area contributed by atoms with Gasteiger partial charge < -0.3 is 14.3 Å². The highest BCUT2D eigenvalue weighted by molar-refractivity contribution is 5.66. The molecule has 0 aromatic heterocycles. The van der Waals surface area contributed by atoms with Gasteiger partial charge in [0, 0.05) is 18.8 Å². The van der Waals surface area contributed by atoms with Crippen LogP contribution in [0.4, 0.5) is 0 Å². The molecule has 0 aromatic carbocycles. The van der Waals surface area contributed by atoms with Gasteiger partial charge in [-0.25, -0.2) is 0 Å². The molecule has 4 nitrogen and oxygen atoms in total. The molecule has 92 valence electrons. The summed E-state index contributed by atoms with van der Waals surface area (Å²) in [6, 6.07) is 0. The molecule has 0 N–H and O–H groups in total. The Morgan fingerprint density at radius 1 is 1.56 bits per heavy atom. The average Bonchev–Trinajstić information content (AvgIpc) is 2.20. The summed E-state index contributed by atoms with van der Waals surface area (Å²) in [5.74, 6) is -0.306. The van der Waals surface area contributed by atoms with Gasteiger partial charge in [-0.05, 0) is 6.42 Å². The van der Waals surface area contributed by atoms with Gasteiger partial charge in [-0.15, -0.1) is 0 Å². The van der Waals surface area contributed by atoms with Crippen molar-refractivity contribution in [1.82, 2.24) is 0 Å². The van der Waals surface area contributed by atoms with Gasteiger partial charge in [-0.2, -0.15) is 0 Å². The fourth-order valence-electron chi connectivity index (χ4n) is 2.27. The molecule has 4 heteroatoms. The molecule has 0 bridgehead atoms. The van der Waals surface area contributed by atoms with Crippen LogP contribution in [0.25, 0.3) is 0 Å². The molecule has 16 heavy (non-hydrogen) atoms. The first kappa shape index (κ1) is 13.2. The number of hydrogen-bond donors (Lipinski definition) is 0. The molecule has 1 saturated heterocycles. The minimum Gasteiger partial charge on any atom is -0.462 e. The van der Waals surface area contributed by atoms with Crippen molar-refractivity contribution in [2.24, 2.45) is 5.41 Å². The van der Waals surface area contributed by atoms with Gasteiger partial charge >= 0.3 is 5.97 Å². The lowest BCUT2D eigenvalue weighted by molar-refractivity contribution is -0.194. The van der Waals surface area contributed by atoms with Crippen LogP contribution in [0.15, 0.2) is 0 Å². The van der Waals surface area contributed by atoms with Crippen LogP contribution < -0.4 is 0 Å². The fraction of sp³-hybridized carbons (Fsp3) is 0.833. The third-order valence-corrected chi connectivity index (χ3v) is 3.28. The molecule has 0 unspecified atom stereocenters. The van der Waals surface area contributed by atoms with E-state index in [1.165, 1.54) is 6.92 Å². The van der Waals surface area contributed by atoms with E-state index in [9.17, 15) is 9.59 Å². The van der Waals surface area contributed by atoms with Gasteiger partial charge in [0.15, 0.2) is 0 Å². The summed E-state index contributed by atoms with van der Waals surface area (Å²) in [7, 11) is 0. The molecule has 0 aromatic rings. The van der Waals surface area contributed by atoms with Gasteiger partial charge in [-0.3, -0.25) is 4.79 Å². The zero-order chi connectivity index (χ0) is 12.3. The van der Waals surface area contributed by atoms with Crippen LogP contribution in [0.5, 0.6) is 0 Å². The Bertz CT molecular complexity index is 272.